The molecule has 0 aromatic carbocycles. The van der Waals surface area contributed by atoms with Crippen molar-refractivity contribution in [2.75, 3.05) is 26.0 Å². The number of nitrogens with zero attached hydrogens (tertiary/aromatic N) is 7. The summed E-state index contributed by atoms with van der Waals surface area (Å²) in [5, 5.41) is 14.8. The van der Waals surface area contributed by atoms with Crippen molar-refractivity contribution in [2.24, 2.45) is 5.41 Å². The molecule has 4 rings (SSSR count). The fourth-order valence-electron chi connectivity index (χ4n) is 4.25. The Morgan fingerprint density at radius 2 is 2.12 bits per heavy atom. The van der Waals surface area contributed by atoms with E-state index in [1.54, 1.807) is 10.9 Å². The summed E-state index contributed by atoms with van der Waals surface area (Å²) in [5.74, 6) is 0.261. The maximum absolute atomic E-state index is 12.1. The summed E-state index contributed by atoms with van der Waals surface area (Å²) in [6.45, 7) is 6.98. The zero-order chi connectivity index (χ0) is 23.8. The summed E-state index contributed by atoms with van der Waals surface area (Å²) in [4.78, 5) is 21.1. The quantitative estimate of drug-likeness (QED) is 0.464. The molecule has 33 heavy (non-hydrogen) atoms. The molecule has 0 spiro atoms. The van der Waals surface area contributed by atoms with Crippen LogP contribution >= 0.6 is 0 Å². The highest BCUT2D eigenvalue weighted by Gasteiger charge is 2.47. The van der Waals surface area contributed by atoms with Gasteiger partial charge in [0.05, 0.1) is 47.9 Å². The van der Waals surface area contributed by atoms with Crippen molar-refractivity contribution in [3.8, 4) is 17.3 Å². The van der Waals surface area contributed by atoms with E-state index in [4.69, 9.17) is 4.74 Å². The summed E-state index contributed by atoms with van der Waals surface area (Å²) in [7, 11) is 0.345. The van der Waals surface area contributed by atoms with Gasteiger partial charge in [0, 0.05) is 48.7 Å². The van der Waals surface area contributed by atoms with Crippen LogP contribution in [0.2, 0.25) is 0 Å². The first kappa shape index (κ1) is 23.1. The van der Waals surface area contributed by atoms with Crippen molar-refractivity contribution in [1.29, 1.82) is 5.26 Å². The van der Waals surface area contributed by atoms with Crippen LogP contribution < -0.4 is 0 Å². The van der Waals surface area contributed by atoms with Crippen molar-refractivity contribution in [3.63, 3.8) is 0 Å². The Kier molecular flexibility index (Phi) is 6.07. The molecule has 4 heterocycles. The minimum Gasteiger partial charge on any atom is -0.469 e. The van der Waals surface area contributed by atoms with E-state index in [9.17, 15) is 14.3 Å². The first-order valence-corrected chi connectivity index (χ1v) is 12.0. The van der Waals surface area contributed by atoms with Crippen LogP contribution in [0.1, 0.15) is 27.2 Å². The van der Waals surface area contributed by atoms with Gasteiger partial charge in [0.15, 0.2) is 0 Å². The normalized spacial score (nSPS) is 16.8. The maximum Gasteiger partial charge on any atom is 0.313 e. The average molecular weight is 470 g/mol. The summed E-state index contributed by atoms with van der Waals surface area (Å²) < 4.78 is 22.6. The van der Waals surface area contributed by atoms with Crippen LogP contribution in [0.15, 0.2) is 31.0 Å². The van der Waals surface area contributed by atoms with Gasteiger partial charge in [-0.15, -0.1) is 0 Å². The highest BCUT2D eigenvalue weighted by Crippen LogP contribution is 2.35. The van der Waals surface area contributed by atoms with Crippen LogP contribution in [-0.4, -0.2) is 64.8 Å². The fourth-order valence-corrected chi connectivity index (χ4v) is 5.39. The number of carbonyl (C=O) groups excluding carboxylic acids is 1. The Morgan fingerprint density at radius 3 is 2.79 bits per heavy atom. The van der Waals surface area contributed by atoms with Gasteiger partial charge in [-0.3, -0.25) is 9.48 Å². The van der Waals surface area contributed by atoms with E-state index in [-0.39, 0.29) is 12.4 Å². The monoisotopic (exact) mass is 469 g/mol. The van der Waals surface area contributed by atoms with Gasteiger partial charge in [0.1, 0.15) is 17.5 Å². The third-order valence-electron chi connectivity index (χ3n) is 6.09. The van der Waals surface area contributed by atoms with Gasteiger partial charge in [-0.1, -0.05) is 6.92 Å². The summed E-state index contributed by atoms with van der Waals surface area (Å²) >= 11 is 0. The second-order valence-electron chi connectivity index (χ2n) is 8.92. The molecule has 1 saturated heterocycles. The van der Waals surface area contributed by atoms with Crippen LogP contribution in [0.3, 0.4) is 0 Å². The summed E-state index contributed by atoms with van der Waals surface area (Å²) in [6.07, 6.45) is 7.29. The van der Waals surface area contributed by atoms with Gasteiger partial charge < -0.3 is 9.30 Å². The Labute approximate surface area is 194 Å². The van der Waals surface area contributed by atoms with Crippen molar-refractivity contribution in [3.05, 3.63) is 31.0 Å². The number of ether oxygens (including phenoxy) is 1. The number of aromatic nitrogens is 5. The molecule has 0 bridgehead atoms. The van der Waals surface area contributed by atoms with Gasteiger partial charge in [-0.2, -0.15) is 10.4 Å². The molecule has 0 radical (unpaired) electrons. The lowest BCUT2D eigenvalue weighted by atomic mass is 9.89. The molecule has 1 aliphatic rings. The molecule has 174 valence electrons. The van der Waals surface area contributed by atoms with Gasteiger partial charge in [0.25, 0.3) is 0 Å². The standard InChI is InChI=1S/C22H27N7O3S/c1-5-33(31)28-13-22(14-28,7-8-23)29-11-16(10-26-29)18-17-6-9-27(19(17)25-15-24-18)12-21(2,3)20(30)32-4/h6,9-11,15H,5,7,12-14H2,1-4H3. The van der Waals surface area contributed by atoms with Gasteiger partial charge in [0.2, 0.25) is 0 Å². The second-order valence-corrected chi connectivity index (χ2v) is 10.7. The molecule has 1 aliphatic heterocycles. The van der Waals surface area contributed by atoms with E-state index in [1.165, 1.54) is 13.4 Å². The summed E-state index contributed by atoms with van der Waals surface area (Å²) in [6, 6.07) is 4.18. The van der Waals surface area contributed by atoms with E-state index in [0.717, 1.165) is 16.6 Å². The van der Waals surface area contributed by atoms with Crippen molar-refractivity contribution < 1.29 is 13.7 Å². The number of carbonyl (C=O) groups is 1. The maximum atomic E-state index is 12.1. The van der Waals surface area contributed by atoms with Gasteiger partial charge in [-0.05, 0) is 19.9 Å². The van der Waals surface area contributed by atoms with Crippen molar-refractivity contribution in [1.82, 2.24) is 28.6 Å². The minimum absolute atomic E-state index is 0.281. The molecule has 1 fully saturated rings. The predicted octanol–water partition coefficient (Wildman–Crippen LogP) is 2.10. The lowest BCUT2D eigenvalue weighted by molar-refractivity contribution is -0.151. The number of rotatable bonds is 8. The molecule has 0 aliphatic carbocycles. The lowest BCUT2D eigenvalue weighted by Crippen LogP contribution is -2.63. The van der Waals surface area contributed by atoms with Crippen molar-refractivity contribution in [2.45, 2.75) is 39.3 Å². The van der Waals surface area contributed by atoms with E-state index in [2.05, 4.69) is 21.1 Å². The zero-order valence-corrected chi connectivity index (χ0v) is 20.0. The Hall–Kier alpha value is -3.10. The molecule has 10 nitrogen and oxygen atoms in total. The van der Waals surface area contributed by atoms with Crippen molar-refractivity contribution >= 4 is 28.0 Å². The molecular formula is C22H27N7O3S. The first-order valence-electron chi connectivity index (χ1n) is 10.7. The number of nitriles is 1. The van der Waals surface area contributed by atoms with E-state index in [1.807, 2.05) is 48.1 Å². The molecule has 3 aromatic heterocycles. The molecule has 0 amide bonds. The van der Waals surface area contributed by atoms with Crippen LogP contribution in [0.4, 0.5) is 0 Å². The number of esters is 1. The smallest absolute Gasteiger partial charge is 0.313 e. The Balaban J connectivity index is 1.65. The summed E-state index contributed by atoms with van der Waals surface area (Å²) in [5.41, 5.74) is 1.03. The number of hydrogen-bond donors (Lipinski definition) is 0. The highest BCUT2D eigenvalue weighted by molar-refractivity contribution is 7.82. The number of fused-ring (bicyclic) bond motifs is 1. The van der Waals surface area contributed by atoms with Crippen LogP contribution in [0.25, 0.3) is 22.3 Å². The van der Waals surface area contributed by atoms with Gasteiger partial charge in [-0.25, -0.2) is 18.5 Å². The van der Waals surface area contributed by atoms with E-state index in [0.29, 0.717) is 31.0 Å². The third-order valence-corrected chi connectivity index (χ3v) is 7.41. The Bertz CT molecular complexity index is 1250. The van der Waals surface area contributed by atoms with Crippen LogP contribution in [0.5, 0.6) is 0 Å². The van der Waals surface area contributed by atoms with Crippen LogP contribution in [-0.2, 0) is 32.6 Å². The molecule has 3 aromatic rings. The van der Waals surface area contributed by atoms with E-state index < -0.39 is 21.9 Å². The largest absolute Gasteiger partial charge is 0.469 e. The van der Waals surface area contributed by atoms with Gasteiger partial charge >= 0.3 is 5.97 Å². The molecule has 11 heteroatoms. The fraction of sp³-hybridized carbons (Fsp3) is 0.500. The third kappa shape index (κ3) is 4.05. The molecule has 1 atom stereocenters. The zero-order valence-electron chi connectivity index (χ0n) is 19.2. The minimum atomic E-state index is -1.04. The number of methoxy groups -OCH3 is 1. The lowest BCUT2D eigenvalue weighted by Gasteiger charge is -2.47. The molecule has 0 saturated carbocycles. The topological polar surface area (TPSA) is 119 Å². The number of hydrogen-bond acceptors (Lipinski definition) is 7. The molecule has 0 N–H and O–H groups in total. The second kappa shape index (κ2) is 8.68. The van der Waals surface area contributed by atoms with Crippen LogP contribution in [0, 0.1) is 16.7 Å². The molecule has 1 unspecified atom stereocenters. The molecular weight excluding hydrogens is 442 g/mol. The first-order chi connectivity index (χ1) is 15.7. The SMILES string of the molecule is CCS(=O)N1CC(CC#N)(n2cc(-c3ncnc4c3ccn4CC(C)(C)C(=O)OC)cn2)C1. The van der Waals surface area contributed by atoms with E-state index >= 15 is 0 Å². The highest BCUT2D eigenvalue weighted by atomic mass is 32.2. The average Bonchev–Trinajstić information content (AvgIpc) is 3.42. The predicted molar refractivity (Wildman–Crippen MR) is 123 cm³/mol. The Morgan fingerprint density at radius 1 is 1.36 bits per heavy atom.